The van der Waals surface area contributed by atoms with Crippen LogP contribution >= 0.6 is 11.6 Å². The fraction of sp³-hybridized carbons (Fsp3) is 0.280. The van der Waals surface area contributed by atoms with Crippen LogP contribution in [0.2, 0.25) is 5.02 Å². The average Bonchev–Trinajstić information content (AvgIpc) is 3.48. The number of hydrogen-bond donors (Lipinski definition) is 0. The Morgan fingerprint density at radius 2 is 1.70 bits per heavy atom. The van der Waals surface area contributed by atoms with Crippen LogP contribution in [-0.4, -0.2) is 47.8 Å². The van der Waals surface area contributed by atoms with Crippen LogP contribution in [0, 0.1) is 24.4 Å². The lowest BCUT2D eigenvalue weighted by Crippen LogP contribution is -2.56. The maximum absolute atomic E-state index is 15.2. The fourth-order valence-electron chi connectivity index (χ4n) is 5.00. The molecule has 7 nitrogen and oxygen atoms in total. The predicted octanol–water partition coefficient (Wildman–Crippen LogP) is 4.91. The second-order valence-corrected chi connectivity index (χ2v) is 11.7. The molecule has 1 aliphatic heterocycles. The molecule has 0 radical (unpaired) electrons. The van der Waals surface area contributed by atoms with Gasteiger partial charge in [-0.15, -0.1) is 9.19 Å². The number of halogens is 4. The van der Waals surface area contributed by atoms with Crippen molar-refractivity contribution in [3.05, 3.63) is 76.7 Å². The van der Waals surface area contributed by atoms with Crippen molar-refractivity contribution in [3.63, 3.8) is 0 Å². The molecule has 4 aromatic rings. The molecule has 0 atom stereocenters. The molecule has 2 aromatic carbocycles. The lowest BCUT2D eigenvalue weighted by Gasteiger charge is -2.43. The van der Waals surface area contributed by atoms with Gasteiger partial charge in [0, 0.05) is 25.7 Å². The molecule has 0 unspecified atom stereocenters. The molecule has 1 aliphatic carbocycles. The highest BCUT2D eigenvalue weighted by molar-refractivity contribution is 7.90. The summed E-state index contributed by atoms with van der Waals surface area (Å²) < 4.78 is 70.9. The molecule has 1 spiro atoms. The van der Waals surface area contributed by atoms with Gasteiger partial charge in [0.25, 0.3) is 10.0 Å². The van der Waals surface area contributed by atoms with E-state index in [0.29, 0.717) is 23.7 Å². The lowest BCUT2D eigenvalue weighted by atomic mass is 10.1. The second-order valence-electron chi connectivity index (χ2n) is 9.49. The minimum absolute atomic E-state index is 0.0303. The van der Waals surface area contributed by atoms with E-state index in [0.717, 1.165) is 36.7 Å². The Morgan fingerprint density at radius 3 is 2.38 bits per heavy atom. The van der Waals surface area contributed by atoms with E-state index in [1.54, 1.807) is 17.0 Å². The molecule has 192 valence electrons. The molecule has 1 saturated carbocycles. The first kappa shape index (κ1) is 24.1. The third-order valence-electron chi connectivity index (χ3n) is 7.05. The number of anilines is 2. The number of nitrogens with zero attached hydrogens (tertiary/aromatic N) is 5. The summed E-state index contributed by atoms with van der Waals surface area (Å²) >= 11 is 6.51. The quantitative estimate of drug-likeness (QED) is 0.362. The van der Waals surface area contributed by atoms with Crippen LogP contribution in [0.25, 0.3) is 10.9 Å². The summed E-state index contributed by atoms with van der Waals surface area (Å²) in [6, 6.07) is 9.50. The highest BCUT2D eigenvalue weighted by Gasteiger charge is 2.53. The maximum Gasteiger partial charge on any atom is 0.283 e. The molecular formula is C25H21ClF3N5O2S. The maximum atomic E-state index is 15.2. The van der Waals surface area contributed by atoms with Gasteiger partial charge >= 0.3 is 0 Å². The Labute approximate surface area is 216 Å². The van der Waals surface area contributed by atoms with Gasteiger partial charge in [0.2, 0.25) is 0 Å². The zero-order chi connectivity index (χ0) is 26.1. The van der Waals surface area contributed by atoms with Crippen LogP contribution in [0.3, 0.4) is 0 Å². The van der Waals surface area contributed by atoms with E-state index in [-0.39, 0.29) is 32.5 Å². The molecule has 2 fully saturated rings. The van der Waals surface area contributed by atoms with Gasteiger partial charge in [-0.3, -0.25) is 0 Å². The standard InChI is InChI=1S/C25H21ClF3N5O2S/c1-15-2-4-17(5-3-15)37(35,36)34-22-19(28)7-6-18(26)21(22)24(31-34)33-11-10-32(14-25(33)8-9-25)23-20(29)12-16(27)13-30-23/h2-7,12-13H,8-11,14H2,1H3. The number of rotatable bonds is 4. The van der Waals surface area contributed by atoms with Gasteiger partial charge in [-0.25, -0.2) is 18.2 Å². The molecule has 6 rings (SSSR count). The average molecular weight is 548 g/mol. The van der Waals surface area contributed by atoms with Gasteiger partial charge in [-0.1, -0.05) is 29.3 Å². The topological polar surface area (TPSA) is 71.3 Å². The number of piperazine rings is 1. The highest BCUT2D eigenvalue weighted by Crippen LogP contribution is 2.49. The summed E-state index contributed by atoms with van der Waals surface area (Å²) in [4.78, 5) is 7.57. The molecule has 1 saturated heterocycles. The van der Waals surface area contributed by atoms with Crippen LogP contribution in [0.5, 0.6) is 0 Å². The molecular weight excluding hydrogens is 527 g/mol. The smallest absolute Gasteiger partial charge is 0.283 e. The summed E-state index contributed by atoms with van der Waals surface area (Å²) in [7, 11) is -4.25. The third-order valence-corrected chi connectivity index (χ3v) is 8.95. The van der Waals surface area contributed by atoms with E-state index < -0.39 is 33.0 Å². The summed E-state index contributed by atoms with van der Waals surface area (Å²) in [5.74, 6) is -1.98. The van der Waals surface area contributed by atoms with Gasteiger partial charge in [0.1, 0.15) is 11.3 Å². The number of pyridine rings is 1. The Morgan fingerprint density at radius 1 is 0.973 bits per heavy atom. The van der Waals surface area contributed by atoms with Gasteiger partial charge in [-0.2, -0.15) is 8.42 Å². The first-order valence-corrected chi connectivity index (χ1v) is 13.5. The molecule has 37 heavy (non-hydrogen) atoms. The largest absolute Gasteiger partial charge is 0.350 e. The molecule has 12 heteroatoms. The zero-order valence-electron chi connectivity index (χ0n) is 19.6. The van der Waals surface area contributed by atoms with Crippen LogP contribution in [0.4, 0.5) is 24.8 Å². The van der Waals surface area contributed by atoms with Crippen molar-refractivity contribution in [1.82, 2.24) is 14.2 Å². The Kier molecular flexibility index (Phi) is 5.43. The molecule has 2 aromatic heterocycles. The molecule has 0 N–H and O–H groups in total. The first-order valence-electron chi connectivity index (χ1n) is 11.6. The van der Waals surface area contributed by atoms with Crippen LogP contribution in [-0.2, 0) is 10.0 Å². The van der Waals surface area contributed by atoms with E-state index in [2.05, 4.69) is 10.1 Å². The number of fused-ring (bicyclic) bond motifs is 1. The van der Waals surface area contributed by atoms with Crippen molar-refractivity contribution in [2.24, 2.45) is 0 Å². The van der Waals surface area contributed by atoms with Crippen molar-refractivity contribution < 1.29 is 21.6 Å². The van der Waals surface area contributed by atoms with E-state index >= 15 is 4.39 Å². The van der Waals surface area contributed by atoms with Gasteiger partial charge in [-0.05, 0) is 44.0 Å². The summed E-state index contributed by atoms with van der Waals surface area (Å²) in [6.45, 7) is 2.82. The van der Waals surface area contributed by atoms with E-state index in [4.69, 9.17) is 11.6 Å². The van der Waals surface area contributed by atoms with Gasteiger partial charge in [0.05, 0.1) is 27.0 Å². The van der Waals surface area contributed by atoms with Crippen molar-refractivity contribution in [2.45, 2.75) is 30.2 Å². The summed E-state index contributed by atoms with van der Waals surface area (Å²) in [5, 5.41) is 4.81. The van der Waals surface area contributed by atoms with Crippen LogP contribution in [0.1, 0.15) is 18.4 Å². The number of aryl methyl sites for hydroxylation is 1. The highest BCUT2D eigenvalue weighted by atomic mass is 35.5. The molecule has 2 aliphatic rings. The monoisotopic (exact) mass is 547 g/mol. The summed E-state index contributed by atoms with van der Waals surface area (Å²) in [6.07, 6.45) is 2.41. The Balaban J connectivity index is 1.46. The van der Waals surface area contributed by atoms with Gasteiger partial charge in [0.15, 0.2) is 23.3 Å². The zero-order valence-corrected chi connectivity index (χ0v) is 21.2. The second kappa shape index (κ2) is 8.35. The van der Waals surface area contributed by atoms with E-state index in [1.165, 1.54) is 18.2 Å². The molecule has 0 amide bonds. The fourth-order valence-corrected chi connectivity index (χ4v) is 6.52. The number of benzene rings is 2. The van der Waals surface area contributed by atoms with Gasteiger partial charge < -0.3 is 9.80 Å². The molecule has 0 bridgehead atoms. The lowest BCUT2D eigenvalue weighted by molar-refractivity contribution is 0.489. The third kappa shape index (κ3) is 3.83. The van der Waals surface area contributed by atoms with E-state index in [9.17, 15) is 17.2 Å². The Bertz CT molecular complexity index is 1660. The van der Waals surface area contributed by atoms with Crippen LogP contribution in [0.15, 0.2) is 53.6 Å². The number of aromatic nitrogens is 3. The molecule has 3 heterocycles. The van der Waals surface area contributed by atoms with Crippen molar-refractivity contribution in [2.75, 3.05) is 29.4 Å². The summed E-state index contributed by atoms with van der Waals surface area (Å²) in [5.41, 5.74) is 0.142. The SMILES string of the molecule is Cc1ccc(S(=O)(=O)n2nc(N3CCN(c4ncc(F)cc4F)CC34CC4)c3c(Cl)ccc(F)c32)cc1. The Hall–Kier alpha value is -3.31. The van der Waals surface area contributed by atoms with Crippen LogP contribution < -0.4 is 9.80 Å². The van der Waals surface area contributed by atoms with Crippen molar-refractivity contribution >= 4 is 44.2 Å². The van der Waals surface area contributed by atoms with Crippen molar-refractivity contribution in [3.8, 4) is 0 Å². The van der Waals surface area contributed by atoms with Crippen molar-refractivity contribution in [1.29, 1.82) is 0 Å². The number of hydrogen-bond acceptors (Lipinski definition) is 6. The predicted molar refractivity (Wildman–Crippen MR) is 134 cm³/mol. The van der Waals surface area contributed by atoms with E-state index in [1.807, 2.05) is 11.8 Å². The normalized spacial score (nSPS) is 17.1. The minimum Gasteiger partial charge on any atom is -0.350 e. The first-order chi connectivity index (χ1) is 17.6. The minimum atomic E-state index is -4.25.